The van der Waals surface area contributed by atoms with E-state index in [1.54, 1.807) is 0 Å². The van der Waals surface area contributed by atoms with Crippen LogP contribution < -0.4 is 15.5 Å². The lowest BCUT2D eigenvalue weighted by Gasteiger charge is -2.27. The second-order valence-electron chi connectivity index (χ2n) is 8.20. The second-order valence-corrected chi connectivity index (χ2v) is 8.20. The second kappa shape index (κ2) is 8.62. The van der Waals surface area contributed by atoms with E-state index in [-0.39, 0.29) is 5.91 Å². The molecule has 0 radical (unpaired) electrons. The monoisotopic (exact) mass is 399 g/mol. The highest BCUT2D eigenvalue weighted by molar-refractivity contribution is 6.09. The fourth-order valence-electron chi connectivity index (χ4n) is 4.15. The molecule has 1 unspecified atom stereocenters. The van der Waals surface area contributed by atoms with Crippen LogP contribution in [0.25, 0.3) is 0 Å². The van der Waals surface area contributed by atoms with Gasteiger partial charge in [0.25, 0.3) is 5.91 Å². The minimum absolute atomic E-state index is 0.0636. The van der Waals surface area contributed by atoms with Gasteiger partial charge in [0.05, 0.1) is 11.3 Å². The van der Waals surface area contributed by atoms with E-state index in [1.165, 1.54) is 5.56 Å². The summed E-state index contributed by atoms with van der Waals surface area (Å²) < 4.78 is 0. The topological polar surface area (TPSA) is 44.4 Å². The number of para-hydroxylation sites is 2. The third-order valence-electron chi connectivity index (χ3n) is 5.84. The molecule has 0 aliphatic carbocycles. The van der Waals surface area contributed by atoms with Crippen molar-refractivity contribution in [3.63, 3.8) is 0 Å². The third-order valence-corrected chi connectivity index (χ3v) is 5.84. The van der Waals surface area contributed by atoms with Crippen LogP contribution in [0, 0.1) is 6.92 Å². The minimum Gasteiger partial charge on any atom is -0.384 e. The Morgan fingerprint density at radius 2 is 1.83 bits per heavy atom. The highest BCUT2D eigenvalue weighted by Crippen LogP contribution is 2.35. The predicted octanol–water partition coefficient (Wildman–Crippen LogP) is 5.80. The van der Waals surface area contributed by atoms with Gasteiger partial charge in [0, 0.05) is 31.5 Å². The summed E-state index contributed by atoms with van der Waals surface area (Å²) in [5.74, 6) is 0.394. The van der Waals surface area contributed by atoms with Gasteiger partial charge in [-0.05, 0) is 60.2 Å². The molecule has 1 aliphatic heterocycles. The molecule has 2 N–H and O–H groups in total. The van der Waals surface area contributed by atoms with Crippen LogP contribution in [-0.2, 0) is 6.54 Å². The fraction of sp³-hybridized carbons (Fsp3) is 0.269. The van der Waals surface area contributed by atoms with Crippen LogP contribution in [0.15, 0.2) is 66.7 Å². The molecule has 0 bridgehead atoms. The molecule has 1 heterocycles. The van der Waals surface area contributed by atoms with Crippen LogP contribution >= 0.6 is 0 Å². The van der Waals surface area contributed by atoms with E-state index < -0.39 is 0 Å². The zero-order valence-corrected chi connectivity index (χ0v) is 17.9. The van der Waals surface area contributed by atoms with Gasteiger partial charge in [-0.15, -0.1) is 0 Å². The van der Waals surface area contributed by atoms with Gasteiger partial charge in [-0.2, -0.15) is 0 Å². The number of amides is 1. The number of hydrogen-bond acceptors (Lipinski definition) is 3. The van der Waals surface area contributed by atoms with Crippen molar-refractivity contribution in [3.8, 4) is 0 Å². The number of hydrogen-bond donors (Lipinski definition) is 2. The first-order chi connectivity index (χ1) is 14.5. The van der Waals surface area contributed by atoms with Gasteiger partial charge in [0.15, 0.2) is 0 Å². The number of benzene rings is 3. The summed E-state index contributed by atoms with van der Waals surface area (Å²) in [5, 5.41) is 6.63. The lowest BCUT2D eigenvalue weighted by Crippen LogP contribution is -2.22. The van der Waals surface area contributed by atoms with E-state index in [0.29, 0.717) is 12.5 Å². The van der Waals surface area contributed by atoms with Gasteiger partial charge in [0.2, 0.25) is 0 Å². The summed E-state index contributed by atoms with van der Waals surface area (Å²) >= 11 is 0. The Morgan fingerprint density at radius 1 is 1.10 bits per heavy atom. The Hall–Kier alpha value is -3.27. The summed E-state index contributed by atoms with van der Waals surface area (Å²) in [7, 11) is 2.07. The van der Waals surface area contributed by atoms with Crippen molar-refractivity contribution < 1.29 is 4.79 Å². The van der Waals surface area contributed by atoms with Gasteiger partial charge in [-0.1, -0.05) is 49.4 Å². The predicted molar refractivity (Wildman–Crippen MR) is 126 cm³/mol. The number of fused-ring (bicyclic) bond motifs is 1. The van der Waals surface area contributed by atoms with Crippen molar-refractivity contribution >= 4 is 23.0 Å². The molecule has 0 saturated heterocycles. The van der Waals surface area contributed by atoms with E-state index in [1.807, 2.05) is 42.5 Å². The normalized spacial score (nSPS) is 15.1. The molecule has 154 valence electrons. The van der Waals surface area contributed by atoms with E-state index in [9.17, 15) is 4.79 Å². The zero-order valence-electron chi connectivity index (χ0n) is 17.9. The number of rotatable bonds is 5. The minimum atomic E-state index is -0.0636. The van der Waals surface area contributed by atoms with Crippen molar-refractivity contribution in [1.82, 2.24) is 0 Å². The quantitative estimate of drug-likeness (QED) is 0.570. The van der Waals surface area contributed by atoms with Crippen molar-refractivity contribution in [1.29, 1.82) is 0 Å². The molecule has 1 amide bonds. The third kappa shape index (κ3) is 4.18. The molecule has 0 saturated carbocycles. The molecule has 4 rings (SSSR count). The number of carbonyl (C=O) groups is 1. The maximum atomic E-state index is 13.3. The molecule has 3 aromatic carbocycles. The molecule has 4 heteroatoms. The summed E-state index contributed by atoms with van der Waals surface area (Å²) in [4.78, 5) is 15.5. The van der Waals surface area contributed by atoms with Crippen LogP contribution in [0.5, 0.6) is 0 Å². The number of aryl methyl sites for hydroxylation is 1. The number of anilines is 3. The summed E-state index contributed by atoms with van der Waals surface area (Å²) in [5.41, 5.74) is 7.14. The maximum Gasteiger partial charge on any atom is 0.257 e. The highest BCUT2D eigenvalue weighted by Gasteiger charge is 2.23. The van der Waals surface area contributed by atoms with E-state index >= 15 is 0 Å². The maximum absolute atomic E-state index is 13.3. The smallest absolute Gasteiger partial charge is 0.257 e. The Balaban J connectivity index is 1.59. The van der Waals surface area contributed by atoms with Crippen LogP contribution in [0.3, 0.4) is 0 Å². The van der Waals surface area contributed by atoms with Gasteiger partial charge in [-0.25, -0.2) is 0 Å². The highest BCUT2D eigenvalue weighted by atomic mass is 16.1. The Morgan fingerprint density at radius 3 is 2.63 bits per heavy atom. The number of nitrogens with one attached hydrogen (secondary N) is 2. The molecule has 0 aromatic heterocycles. The molecule has 1 atom stereocenters. The lowest BCUT2D eigenvalue weighted by atomic mass is 9.89. The molecule has 30 heavy (non-hydrogen) atoms. The van der Waals surface area contributed by atoms with Crippen molar-refractivity contribution in [3.05, 3.63) is 89.0 Å². The van der Waals surface area contributed by atoms with Crippen LogP contribution in [-0.4, -0.2) is 19.5 Å². The average molecular weight is 400 g/mol. The van der Waals surface area contributed by atoms with Crippen LogP contribution in [0.2, 0.25) is 0 Å². The van der Waals surface area contributed by atoms with Crippen molar-refractivity contribution in [2.75, 3.05) is 29.1 Å². The van der Waals surface area contributed by atoms with Gasteiger partial charge in [0.1, 0.15) is 0 Å². The molecule has 1 aliphatic rings. The van der Waals surface area contributed by atoms with E-state index in [4.69, 9.17) is 0 Å². The SMILES string of the molecule is Cc1cc(C(=O)Nc2ccccc2CN(C)c2ccccc2)c2c(c1)C(C)CCN2. The fourth-order valence-corrected chi connectivity index (χ4v) is 4.15. The molecular formula is C26H29N3O. The first kappa shape index (κ1) is 20.0. The summed E-state index contributed by atoms with van der Waals surface area (Å²) in [6, 6.07) is 22.5. The van der Waals surface area contributed by atoms with E-state index in [0.717, 1.165) is 46.7 Å². The molecule has 0 spiro atoms. The largest absolute Gasteiger partial charge is 0.384 e. The molecular weight excluding hydrogens is 370 g/mol. The first-order valence-corrected chi connectivity index (χ1v) is 10.6. The van der Waals surface area contributed by atoms with Crippen LogP contribution in [0.1, 0.15) is 46.3 Å². The summed E-state index contributed by atoms with van der Waals surface area (Å²) in [6.07, 6.45) is 1.09. The van der Waals surface area contributed by atoms with E-state index in [2.05, 4.69) is 60.7 Å². The molecule has 4 nitrogen and oxygen atoms in total. The number of nitrogens with zero attached hydrogens (tertiary/aromatic N) is 1. The lowest BCUT2D eigenvalue weighted by molar-refractivity contribution is 0.102. The molecule has 0 fully saturated rings. The van der Waals surface area contributed by atoms with Gasteiger partial charge in [-0.3, -0.25) is 4.79 Å². The van der Waals surface area contributed by atoms with Crippen molar-refractivity contribution in [2.24, 2.45) is 0 Å². The van der Waals surface area contributed by atoms with Gasteiger partial charge >= 0.3 is 0 Å². The zero-order chi connectivity index (χ0) is 21.1. The van der Waals surface area contributed by atoms with Crippen LogP contribution in [0.4, 0.5) is 17.1 Å². The first-order valence-electron chi connectivity index (χ1n) is 10.6. The van der Waals surface area contributed by atoms with Crippen molar-refractivity contribution in [2.45, 2.75) is 32.7 Å². The average Bonchev–Trinajstić information content (AvgIpc) is 2.76. The summed E-state index contributed by atoms with van der Waals surface area (Å²) in [6.45, 7) is 5.90. The Bertz CT molecular complexity index is 1050. The molecule has 3 aromatic rings. The standard InChI is InChI=1S/C26H29N3O/c1-18-15-22-19(2)13-14-27-25(22)23(16-18)26(30)28-24-12-8-7-9-20(24)17-29(3)21-10-5-4-6-11-21/h4-12,15-16,19,27H,13-14,17H2,1-3H3,(H,28,30). The van der Waals surface area contributed by atoms with Gasteiger partial charge < -0.3 is 15.5 Å². The Kier molecular flexibility index (Phi) is 5.75. The number of carbonyl (C=O) groups excluding carboxylic acids is 1. The Labute approximate surface area is 178 Å².